The van der Waals surface area contributed by atoms with Gasteiger partial charge in [-0.3, -0.25) is 0 Å². The minimum absolute atomic E-state index is 0.0638. The second-order valence-electron chi connectivity index (χ2n) is 4.09. The second-order valence-corrected chi connectivity index (χ2v) is 4.50. The van der Waals surface area contributed by atoms with Crippen LogP contribution in [0.25, 0.3) is 10.9 Å². The van der Waals surface area contributed by atoms with Crippen LogP contribution in [0, 0.1) is 0 Å². The molecule has 0 radical (unpaired) electrons. The quantitative estimate of drug-likeness (QED) is 0.798. The number of carboxylic acid groups (broad SMARTS) is 1. The Morgan fingerprint density at radius 2 is 2.21 bits per heavy atom. The molecule has 0 spiro atoms. The Labute approximate surface area is 113 Å². The average molecular weight is 277 g/mol. The van der Waals surface area contributed by atoms with Crippen molar-refractivity contribution >= 4 is 28.5 Å². The second kappa shape index (κ2) is 4.44. The fourth-order valence-corrected chi connectivity index (χ4v) is 2.32. The van der Waals surface area contributed by atoms with E-state index in [2.05, 4.69) is 5.16 Å². The van der Waals surface area contributed by atoms with Gasteiger partial charge < -0.3 is 14.2 Å². The molecular weight excluding hydrogens is 268 g/mol. The molecule has 3 rings (SSSR count). The number of para-hydroxylation sites is 1. The lowest BCUT2D eigenvalue weighted by Crippen LogP contribution is -2.03. The number of hydrogen-bond donors (Lipinski definition) is 1. The maximum atomic E-state index is 11.0. The van der Waals surface area contributed by atoms with Crippen molar-refractivity contribution in [2.75, 3.05) is 0 Å². The van der Waals surface area contributed by atoms with E-state index in [4.69, 9.17) is 21.2 Å². The van der Waals surface area contributed by atoms with E-state index in [1.165, 1.54) is 6.20 Å². The van der Waals surface area contributed by atoms with Gasteiger partial charge in [-0.05, 0) is 6.07 Å². The summed E-state index contributed by atoms with van der Waals surface area (Å²) < 4.78 is 6.83. The van der Waals surface area contributed by atoms with E-state index in [-0.39, 0.29) is 12.1 Å². The maximum Gasteiger partial charge on any atom is 0.341 e. The third-order valence-corrected chi connectivity index (χ3v) is 3.23. The molecule has 1 aromatic carbocycles. The van der Waals surface area contributed by atoms with Gasteiger partial charge in [-0.1, -0.05) is 35.0 Å². The van der Waals surface area contributed by atoms with Crippen LogP contribution >= 0.6 is 11.6 Å². The lowest BCUT2D eigenvalue weighted by atomic mass is 10.2. The summed E-state index contributed by atoms with van der Waals surface area (Å²) >= 11 is 6.14. The predicted octanol–water partition coefficient (Wildman–Crippen LogP) is 3.03. The molecule has 0 amide bonds. The van der Waals surface area contributed by atoms with Crippen LogP contribution < -0.4 is 0 Å². The summed E-state index contributed by atoms with van der Waals surface area (Å²) in [7, 11) is 0. The Bertz CT molecular complexity index is 760. The molecule has 2 aromatic heterocycles. The number of benzene rings is 1. The fourth-order valence-electron chi connectivity index (χ4n) is 2.04. The Morgan fingerprint density at radius 3 is 3.00 bits per heavy atom. The highest BCUT2D eigenvalue weighted by Gasteiger charge is 2.16. The first-order valence-electron chi connectivity index (χ1n) is 5.57. The van der Waals surface area contributed by atoms with Crippen molar-refractivity contribution < 1.29 is 14.4 Å². The van der Waals surface area contributed by atoms with Crippen molar-refractivity contribution in [2.45, 2.75) is 6.54 Å². The topological polar surface area (TPSA) is 68.3 Å². The first-order valence-corrected chi connectivity index (χ1v) is 5.95. The predicted molar refractivity (Wildman–Crippen MR) is 69.5 cm³/mol. The van der Waals surface area contributed by atoms with Gasteiger partial charge in [0.2, 0.25) is 0 Å². The summed E-state index contributed by atoms with van der Waals surface area (Å²) in [5.74, 6) is -0.760. The lowest BCUT2D eigenvalue weighted by Gasteiger charge is -2.02. The van der Waals surface area contributed by atoms with E-state index in [0.717, 1.165) is 10.9 Å². The summed E-state index contributed by atoms with van der Waals surface area (Å²) in [5, 5.41) is 14.1. The Kier molecular flexibility index (Phi) is 2.76. The first-order chi connectivity index (χ1) is 9.16. The van der Waals surface area contributed by atoms with Gasteiger partial charge in [0.05, 0.1) is 17.8 Å². The Morgan fingerprint density at radius 1 is 1.42 bits per heavy atom. The molecule has 0 unspecified atom stereocenters. The summed E-state index contributed by atoms with van der Waals surface area (Å²) in [6, 6.07) is 7.62. The third kappa shape index (κ3) is 1.98. The van der Waals surface area contributed by atoms with Crippen LogP contribution in [-0.2, 0) is 6.54 Å². The Balaban J connectivity index is 2.06. The van der Waals surface area contributed by atoms with Gasteiger partial charge in [0.15, 0.2) is 5.76 Å². The lowest BCUT2D eigenvalue weighted by molar-refractivity contribution is 0.0694. The molecule has 0 aliphatic heterocycles. The van der Waals surface area contributed by atoms with E-state index >= 15 is 0 Å². The SMILES string of the molecule is O=C(O)c1cnoc1Cn1cc(Cl)c2ccccc21. The van der Waals surface area contributed by atoms with Crippen molar-refractivity contribution in [3.05, 3.63) is 53.0 Å². The van der Waals surface area contributed by atoms with E-state index in [1.54, 1.807) is 6.20 Å². The van der Waals surface area contributed by atoms with Crippen LogP contribution in [0.15, 0.2) is 41.2 Å². The summed E-state index contributed by atoms with van der Waals surface area (Å²) in [4.78, 5) is 11.0. The van der Waals surface area contributed by atoms with Crippen LogP contribution in [0.2, 0.25) is 5.02 Å². The third-order valence-electron chi connectivity index (χ3n) is 2.93. The molecule has 0 bridgehead atoms. The normalized spacial score (nSPS) is 11.0. The summed E-state index contributed by atoms with van der Waals surface area (Å²) in [6.45, 7) is 0.273. The number of fused-ring (bicyclic) bond motifs is 1. The molecule has 6 heteroatoms. The molecule has 1 N–H and O–H groups in total. The smallest absolute Gasteiger partial charge is 0.341 e. The van der Waals surface area contributed by atoms with Gasteiger partial charge >= 0.3 is 5.97 Å². The number of carbonyl (C=O) groups is 1. The maximum absolute atomic E-state index is 11.0. The van der Waals surface area contributed by atoms with Gasteiger partial charge in [0, 0.05) is 17.1 Å². The zero-order chi connectivity index (χ0) is 13.4. The largest absolute Gasteiger partial charge is 0.478 e. The van der Waals surface area contributed by atoms with Gasteiger partial charge in [0.25, 0.3) is 0 Å². The van der Waals surface area contributed by atoms with Gasteiger partial charge in [-0.2, -0.15) is 0 Å². The molecule has 5 nitrogen and oxygen atoms in total. The fraction of sp³-hybridized carbons (Fsp3) is 0.0769. The molecule has 2 heterocycles. The average Bonchev–Trinajstić information content (AvgIpc) is 2.97. The van der Waals surface area contributed by atoms with E-state index in [0.29, 0.717) is 10.8 Å². The van der Waals surface area contributed by atoms with Gasteiger partial charge in [-0.25, -0.2) is 4.79 Å². The highest BCUT2D eigenvalue weighted by Crippen LogP contribution is 2.26. The van der Waals surface area contributed by atoms with Crippen LogP contribution in [-0.4, -0.2) is 20.8 Å². The highest BCUT2D eigenvalue weighted by molar-refractivity contribution is 6.35. The molecule has 0 atom stereocenters. The number of rotatable bonds is 3. The van der Waals surface area contributed by atoms with Crippen molar-refractivity contribution in [2.24, 2.45) is 0 Å². The number of aromatic nitrogens is 2. The monoisotopic (exact) mass is 276 g/mol. The van der Waals surface area contributed by atoms with E-state index in [1.807, 2.05) is 28.8 Å². The number of nitrogens with zero attached hydrogens (tertiary/aromatic N) is 2. The molecule has 0 aliphatic rings. The van der Waals surface area contributed by atoms with Crippen LogP contribution in [0.4, 0.5) is 0 Å². The van der Waals surface area contributed by atoms with Gasteiger partial charge in [-0.15, -0.1) is 0 Å². The number of aromatic carboxylic acids is 1. The molecule has 0 aliphatic carbocycles. The molecule has 0 saturated carbocycles. The van der Waals surface area contributed by atoms with Crippen LogP contribution in [0.3, 0.4) is 0 Å². The zero-order valence-corrected chi connectivity index (χ0v) is 10.5. The standard InChI is InChI=1S/C13H9ClN2O3/c14-10-6-16(11-4-2-1-3-8(10)11)7-12-9(13(17)18)5-15-19-12/h1-6H,7H2,(H,17,18). The van der Waals surface area contributed by atoms with Crippen LogP contribution in [0.1, 0.15) is 16.1 Å². The van der Waals surface area contributed by atoms with Crippen molar-refractivity contribution in [3.8, 4) is 0 Å². The van der Waals surface area contributed by atoms with Crippen molar-refractivity contribution in [1.82, 2.24) is 9.72 Å². The Hall–Kier alpha value is -2.27. The number of hydrogen-bond acceptors (Lipinski definition) is 3. The zero-order valence-electron chi connectivity index (χ0n) is 9.71. The molecule has 96 valence electrons. The van der Waals surface area contributed by atoms with E-state index < -0.39 is 5.97 Å². The van der Waals surface area contributed by atoms with Crippen molar-refractivity contribution in [3.63, 3.8) is 0 Å². The summed E-state index contributed by atoms with van der Waals surface area (Å²) in [6.07, 6.45) is 2.95. The molecule has 0 fully saturated rings. The molecular formula is C13H9ClN2O3. The first kappa shape index (κ1) is 11.8. The molecule has 19 heavy (non-hydrogen) atoms. The summed E-state index contributed by atoms with van der Waals surface area (Å²) in [5.41, 5.74) is 0.981. The molecule has 0 saturated heterocycles. The minimum atomic E-state index is -1.06. The van der Waals surface area contributed by atoms with Gasteiger partial charge in [0.1, 0.15) is 5.56 Å². The van der Waals surface area contributed by atoms with Crippen molar-refractivity contribution in [1.29, 1.82) is 0 Å². The van der Waals surface area contributed by atoms with E-state index in [9.17, 15) is 4.79 Å². The number of halogens is 1. The minimum Gasteiger partial charge on any atom is -0.478 e. The highest BCUT2D eigenvalue weighted by atomic mass is 35.5. The number of carboxylic acids is 1. The van der Waals surface area contributed by atoms with Crippen LogP contribution in [0.5, 0.6) is 0 Å². The molecule has 3 aromatic rings.